The highest BCUT2D eigenvalue weighted by Crippen LogP contribution is 2.34. The Kier molecular flexibility index (Phi) is 4.65. The van der Waals surface area contributed by atoms with Gasteiger partial charge >= 0.3 is 6.03 Å². The molecule has 0 heterocycles. The molecule has 0 aliphatic heterocycles. The van der Waals surface area contributed by atoms with Gasteiger partial charge in [-0.1, -0.05) is 26.0 Å². The molecule has 1 fully saturated rings. The van der Waals surface area contributed by atoms with Crippen molar-refractivity contribution in [2.45, 2.75) is 45.7 Å². The maximum Gasteiger partial charge on any atom is 0.316 e. The van der Waals surface area contributed by atoms with Crippen molar-refractivity contribution in [1.29, 1.82) is 0 Å². The number of carbonyl (C=O) groups is 1. The molecule has 20 heavy (non-hydrogen) atoms. The van der Waals surface area contributed by atoms with Gasteiger partial charge in [0.2, 0.25) is 0 Å². The molecule has 0 aromatic heterocycles. The average molecular weight is 275 g/mol. The second-order valence-corrected chi connectivity index (χ2v) is 6.17. The number of anilines is 1. The van der Waals surface area contributed by atoms with E-state index in [2.05, 4.69) is 31.4 Å². The molecule has 0 saturated heterocycles. The van der Waals surface area contributed by atoms with Crippen molar-refractivity contribution < 1.29 is 4.79 Å². The Labute approximate surface area is 121 Å². The van der Waals surface area contributed by atoms with Gasteiger partial charge in [-0.2, -0.15) is 0 Å². The molecule has 110 valence electrons. The Bertz CT molecular complexity index is 449. The number of nitrogens with one attached hydrogen (secondary N) is 2. The molecule has 1 aromatic carbocycles. The summed E-state index contributed by atoms with van der Waals surface area (Å²) in [6.07, 6.45) is 2.56. The summed E-state index contributed by atoms with van der Waals surface area (Å²) in [5.41, 5.74) is 7.05. The molecule has 0 bridgehead atoms. The highest BCUT2D eigenvalue weighted by Gasteiger charge is 2.31. The predicted molar refractivity (Wildman–Crippen MR) is 82.5 cm³/mol. The first kappa shape index (κ1) is 14.9. The Morgan fingerprint density at radius 2 is 1.80 bits per heavy atom. The van der Waals surface area contributed by atoms with Gasteiger partial charge in [0.25, 0.3) is 0 Å². The van der Waals surface area contributed by atoms with Crippen LogP contribution in [0.1, 0.15) is 45.2 Å². The van der Waals surface area contributed by atoms with Crippen LogP contribution in [-0.4, -0.2) is 12.1 Å². The lowest BCUT2D eigenvalue weighted by Gasteiger charge is -2.40. The number of hydrogen-bond donors (Lipinski definition) is 3. The molecule has 1 saturated carbocycles. The van der Waals surface area contributed by atoms with Gasteiger partial charge in [-0.05, 0) is 49.3 Å². The van der Waals surface area contributed by atoms with Gasteiger partial charge in [-0.25, -0.2) is 4.79 Å². The van der Waals surface area contributed by atoms with Crippen molar-refractivity contribution in [2.24, 2.45) is 17.6 Å². The lowest BCUT2D eigenvalue weighted by molar-refractivity contribution is 0.159. The Morgan fingerprint density at radius 3 is 2.30 bits per heavy atom. The maximum absolute atomic E-state index is 10.8. The molecule has 4 heteroatoms. The zero-order valence-corrected chi connectivity index (χ0v) is 12.5. The van der Waals surface area contributed by atoms with Crippen LogP contribution in [0.3, 0.4) is 0 Å². The zero-order chi connectivity index (χ0) is 14.7. The van der Waals surface area contributed by atoms with Crippen LogP contribution in [0.2, 0.25) is 0 Å². The average Bonchev–Trinajstić information content (AvgIpc) is 2.32. The van der Waals surface area contributed by atoms with Crippen molar-refractivity contribution in [3.8, 4) is 0 Å². The Morgan fingerprint density at radius 1 is 1.20 bits per heavy atom. The quantitative estimate of drug-likeness (QED) is 0.772. The standard InChI is InChI=1S/C16H25N3O/c1-10(2)13-8-15(9-13)18-11(3)12-4-6-14(7-5-12)19-16(17)20/h4-7,10-11,13,15,18H,8-9H2,1-3H3,(H3,17,19,20). The second kappa shape index (κ2) is 6.27. The monoisotopic (exact) mass is 275 g/mol. The molecule has 2 amide bonds. The smallest absolute Gasteiger partial charge is 0.316 e. The minimum atomic E-state index is -0.530. The van der Waals surface area contributed by atoms with E-state index in [0.29, 0.717) is 12.1 Å². The van der Waals surface area contributed by atoms with Crippen LogP contribution in [0.5, 0.6) is 0 Å². The van der Waals surface area contributed by atoms with E-state index in [9.17, 15) is 4.79 Å². The van der Waals surface area contributed by atoms with Gasteiger partial charge < -0.3 is 16.4 Å². The third kappa shape index (κ3) is 3.73. The summed E-state index contributed by atoms with van der Waals surface area (Å²) in [5.74, 6) is 1.67. The van der Waals surface area contributed by atoms with Crippen LogP contribution in [0.4, 0.5) is 10.5 Å². The number of nitrogens with two attached hydrogens (primary N) is 1. The number of primary amides is 1. The van der Waals surface area contributed by atoms with E-state index in [-0.39, 0.29) is 0 Å². The van der Waals surface area contributed by atoms with Gasteiger partial charge in [-0.15, -0.1) is 0 Å². The highest BCUT2D eigenvalue weighted by atomic mass is 16.2. The molecule has 0 radical (unpaired) electrons. The SMILES string of the molecule is CC(NC1CC(C(C)C)C1)c1ccc(NC(N)=O)cc1. The fourth-order valence-corrected chi connectivity index (χ4v) is 2.79. The summed E-state index contributed by atoms with van der Waals surface area (Å²) in [5, 5.41) is 6.24. The van der Waals surface area contributed by atoms with E-state index in [1.54, 1.807) is 0 Å². The summed E-state index contributed by atoms with van der Waals surface area (Å²) in [4.78, 5) is 10.8. The van der Waals surface area contributed by atoms with Crippen molar-refractivity contribution in [2.75, 3.05) is 5.32 Å². The van der Waals surface area contributed by atoms with Gasteiger partial charge in [0.1, 0.15) is 0 Å². The third-order valence-electron chi connectivity index (χ3n) is 4.28. The van der Waals surface area contributed by atoms with Crippen LogP contribution >= 0.6 is 0 Å². The van der Waals surface area contributed by atoms with Crippen molar-refractivity contribution in [3.05, 3.63) is 29.8 Å². The molecule has 0 spiro atoms. The van der Waals surface area contributed by atoms with E-state index < -0.39 is 6.03 Å². The van der Waals surface area contributed by atoms with E-state index in [1.807, 2.05) is 24.3 Å². The predicted octanol–water partition coefficient (Wildman–Crippen LogP) is 3.26. The molecule has 4 nitrogen and oxygen atoms in total. The molecule has 4 N–H and O–H groups in total. The fourth-order valence-electron chi connectivity index (χ4n) is 2.79. The first-order valence-corrected chi connectivity index (χ1v) is 7.38. The second-order valence-electron chi connectivity index (χ2n) is 6.17. The molecule has 2 rings (SSSR count). The maximum atomic E-state index is 10.8. The summed E-state index contributed by atoms with van der Waals surface area (Å²) >= 11 is 0. The first-order valence-electron chi connectivity index (χ1n) is 7.38. The third-order valence-corrected chi connectivity index (χ3v) is 4.28. The van der Waals surface area contributed by atoms with Crippen molar-refractivity contribution >= 4 is 11.7 Å². The lowest BCUT2D eigenvalue weighted by atomic mass is 9.73. The number of amides is 2. The molecule has 1 unspecified atom stereocenters. The van der Waals surface area contributed by atoms with Crippen molar-refractivity contribution in [3.63, 3.8) is 0 Å². The summed E-state index contributed by atoms with van der Waals surface area (Å²) in [6, 6.07) is 8.27. The van der Waals surface area contributed by atoms with Gasteiger partial charge in [0, 0.05) is 17.8 Å². The molecule has 1 atom stereocenters. The zero-order valence-electron chi connectivity index (χ0n) is 12.5. The Hall–Kier alpha value is -1.55. The molecular weight excluding hydrogens is 250 g/mol. The Balaban J connectivity index is 1.84. The molecule has 1 aromatic rings. The largest absolute Gasteiger partial charge is 0.351 e. The molecule has 1 aliphatic rings. The van der Waals surface area contributed by atoms with Gasteiger partial charge in [0.15, 0.2) is 0 Å². The fraction of sp³-hybridized carbons (Fsp3) is 0.562. The van der Waals surface area contributed by atoms with E-state index in [0.717, 1.165) is 17.5 Å². The summed E-state index contributed by atoms with van der Waals surface area (Å²) < 4.78 is 0. The summed E-state index contributed by atoms with van der Waals surface area (Å²) in [7, 11) is 0. The number of benzene rings is 1. The number of carbonyl (C=O) groups excluding carboxylic acids is 1. The van der Waals surface area contributed by atoms with Crippen LogP contribution in [0.15, 0.2) is 24.3 Å². The summed E-state index contributed by atoms with van der Waals surface area (Å²) in [6.45, 7) is 6.78. The topological polar surface area (TPSA) is 67.2 Å². The minimum absolute atomic E-state index is 0.329. The van der Waals surface area contributed by atoms with E-state index >= 15 is 0 Å². The highest BCUT2D eigenvalue weighted by molar-refractivity contribution is 5.87. The van der Waals surface area contributed by atoms with Gasteiger partial charge in [0.05, 0.1) is 0 Å². The number of urea groups is 1. The normalized spacial score (nSPS) is 23.2. The van der Waals surface area contributed by atoms with Gasteiger partial charge in [-0.3, -0.25) is 0 Å². The van der Waals surface area contributed by atoms with Crippen LogP contribution < -0.4 is 16.4 Å². The minimum Gasteiger partial charge on any atom is -0.351 e. The number of rotatable bonds is 5. The lowest BCUT2D eigenvalue weighted by Crippen LogP contribution is -2.43. The van der Waals surface area contributed by atoms with Crippen molar-refractivity contribution in [1.82, 2.24) is 5.32 Å². The van der Waals surface area contributed by atoms with E-state index in [4.69, 9.17) is 5.73 Å². The van der Waals surface area contributed by atoms with Crippen LogP contribution in [0.25, 0.3) is 0 Å². The van der Waals surface area contributed by atoms with Crippen LogP contribution in [-0.2, 0) is 0 Å². The number of hydrogen-bond acceptors (Lipinski definition) is 2. The molecular formula is C16H25N3O. The van der Waals surface area contributed by atoms with Crippen LogP contribution in [0, 0.1) is 11.8 Å². The first-order chi connectivity index (χ1) is 9.45. The van der Waals surface area contributed by atoms with E-state index in [1.165, 1.54) is 18.4 Å². The molecule has 1 aliphatic carbocycles.